The number of pyridine rings is 1. The summed E-state index contributed by atoms with van der Waals surface area (Å²) >= 11 is 7.74. The molecule has 2 amide bonds. The summed E-state index contributed by atoms with van der Waals surface area (Å²) in [5.74, 6) is 1.08. The minimum absolute atomic E-state index is 0.218. The fraction of sp³-hybridized carbons (Fsp3) is 0.217. The number of rotatable bonds is 5. The molecule has 168 valence electrons. The second-order valence-corrected chi connectivity index (χ2v) is 9.25. The van der Waals surface area contributed by atoms with Gasteiger partial charge in [-0.3, -0.25) is 14.0 Å². The number of imidazole rings is 1. The second kappa shape index (κ2) is 8.92. The van der Waals surface area contributed by atoms with E-state index in [1.165, 1.54) is 0 Å². The quantitative estimate of drug-likeness (QED) is 0.465. The highest BCUT2D eigenvalue weighted by atomic mass is 35.5. The van der Waals surface area contributed by atoms with Gasteiger partial charge in [0.1, 0.15) is 11.3 Å². The number of hydrogen-bond donors (Lipinski definition) is 1. The second-order valence-electron chi connectivity index (χ2n) is 7.53. The summed E-state index contributed by atoms with van der Waals surface area (Å²) < 4.78 is 7.49. The van der Waals surface area contributed by atoms with E-state index in [4.69, 9.17) is 16.0 Å². The number of aryl methyl sites for hydroxylation is 1. The van der Waals surface area contributed by atoms with Crippen LogP contribution in [0.3, 0.4) is 0 Å². The monoisotopic (exact) mass is 481 g/mol. The average Bonchev–Trinajstić information content (AvgIpc) is 3.55. The predicted molar refractivity (Wildman–Crippen MR) is 126 cm³/mol. The molecule has 1 saturated heterocycles. The number of fused-ring (bicyclic) bond motifs is 1. The third-order valence-electron chi connectivity index (χ3n) is 5.36. The van der Waals surface area contributed by atoms with Gasteiger partial charge >= 0.3 is 0 Å². The Bertz CT molecular complexity index is 1350. The molecule has 1 atom stereocenters. The van der Waals surface area contributed by atoms with Crippen molar-refractivity contribution in [2.75, 3.05) is 18.8 Å². The number of aromatic nitrogens is 3. The van der Waals surface area contributed by atoms with Crippen LogP contribution < -0.4 is 5.32 Å². The SMILES string of the molecule is Cc1nc(C(=O)N2CCSC2CNC(=O)c2cnc3ccccn23)c(-c2cccc(Cl)c2)o1. The van der Waals surface area contributed by atoms with Crippen molar-refractivity contribution < 1.29 is 14.0 Å². The highest BCUT2D eigenvalue weighted by Crippen LogP contribution is 2.31. The van der Waals surface area contributed by atoms with Crippen LogP contribution in [0.15, 0.2) is 59.3 Å². The number of oxazole rings is 1. The van der Waals surface area contributed by atoms with Crippen molar-refractivity contribution in [3.63, 3.8) is 0 Å². The Morgan fingerprint density at radius 1 is 1.27 bits per heavy atom. The fourth-order valence-corrected chi connectivity index (χ4v) is 5.17. The molecule has 0 saturated carbocycles. The van der Waals surface area contributed by atoms with Crippen molar-refractivity contribution in [2.45, 2.75) is 12.3 Å². The van der Waals surface area contributed by atoms with Crippen molar-refractivity contribution in [1.82, 2.24) is 24.6 Å². The van der Waals surface area contributed by atoms with Gasteiger partial charge in [-0.1, -0.05) is 29.8 Å². The molecular weight excluding hydrogens is 462 g/mol. The Morgan fingerprint density at radius 3 is 3.00 bits per heavy atom. The molecule has 0 spiro atoms. The summed E-state index contributed by atoms with van der Waals surface area (Å²) in [5, 5.41) is 3.27. The summed E-state index contributed by atoms with van der Waals surface area (Å²) in [6.45, 7) is 2.57. The van der Waals surface area contributed by atoms with Gasteiger partial charge in [-0.25, -0.2) is 9.97 Å². The number of carbonyl (C=O) groups is 2. The number of nitrogens with one attached hydrogen (secondary N) is 1. The van der Waals surface area contributed by atoms with Crippen LogP contribution in [0, 0.1) is 6.92 Å². The van der Waals surface area contributed by atoms with Crippen LogP contribution in [-0.2, 0) is 0 Å². The molecule has 10 heteroatoms. The van der Waals surface area contributed by atoms with Gasteiger partial charge in [0.05, 0.1) is 11.6 Å². The molecule has 1 fully saturated rings. The molecular formula is C23H20ClN5O3S. The molecule has 0 radical (unpaired) electrons. The van der Waals surface area contributed by atoms with Gasteiger partial charge in [0.2, 0.25) is 0 Å². The lowest BCUT2D eigenvalue weighted by atomic mass is 10.1. The van der Waals surface area contributed by atoms with Crippen molar-refractivity contribution in [3.05, 3.63) is 77.2 Å². The van der Waals surface area contributed by atoms with Crippen LogP contribution in [-0.4, -0.2) is 55.3 Å². The molecule has 1 N–H and O–H groups in total. The highest BCUT2D eigenvalue weighted by molar-refractivity contribution is 8.00. The Balaban J connectivity index is 1.33. The Hall–Kier alpha value is -3.30. The Labute approximate surface area is 199 Å². The van der Waals surface area contributed by atoms with Crippen LogP contribution in [0.4, 0.5) is 0 Å². The lowest BCUT2D eigenvalue weighted by Crippen LogP contribution is -2.42. The smallest absolute Gasteiger partial charge is 0.277 e. The number of nitrogens with zero attached hydrogens (tertiary/aromatic N) is 4. The Kier molecular flexibility index (Phi) is 5.82. The number of halogens is 1. The molecule has 1 unspecified atom stereocenters. The van der Waals surface area contributed by atoms with E-state index >= 15 is 0 Å². The van der Waals surface area contributed by atoms with Crippen LogP contribution in [0.25, 0.3) is 17.0 Å². The molecule has 3 aromatic heterocycles. The predicted octanol–water partition coefficient (Wildman–Crippen LogP) is 3.90. The first-order valence-electron chi connectivity index (χ1n) is 10.4. The van der Waals surface area contributed by atoms with Gasteiger partial charge in [-0.2, -0.15) is 0 Å². The number of carbonyl (C=O) groups excluding carboxylic acids is 2. The molecule has 4 heterocycles. The zero-order valence-electron chi connectivity index (χ0n) is 17.7. The summed E-state index contributed by atoms with van der Waals surface area (Å²) in [7, 11) is 0. The van der Waals surface area contributed by atoms with E-state index in [1.807, 2.05) is 24.3 Å². The largest absolute Gasteiger partial charge is 0.440 e. The highest BCUT2D eigenvalue weighted by Gasteiger charge is 2.34. The van der Waals surface area contributed by atoms with Gasteiger partial charge in [0.15, 0.2) is 17.3 Å². The van der Waals surface area contributed by atoms with Crippen molar-refractivity contribution in [2.24, 2.45) is 0 Å². The number of hydrogen-bond acceptors (Lipinski definition) is 6. The van der Waals surface area contributed by atoms with Gasteiger partial charge in [-0.05, 0) is 24.3 Å². The first-order valence-corrected chi connectivity index (χ1v) is 11.8. The zero-order chi connectivity index (χ0) is 22.9. The van der Waals surface area contributed by atoms with E-state index in [-0.39, 0.29) is 22.9 Å². The van der Waals surface area contributed by atoms with Crippen molar-refractivity contribution in [3.8, 4) is 11.3 Å². The van der Waals surface area contributed by atoms with E-state index in [0.717, 1.165) is 5.75 Å². The summed E-state index contributed by atoms with van der Waals surface area (Å²) in [4.78, 5) is 36.5. The summed E-state index contributed by atoms with van der Waals surface area (Å²) in [6, 6.07) is 12.7. The van der Waals surface area contributed by atoms with E-state index in [2.05, 4.69) is 15.3 Å². The van der Waals surface area contributed by atoms with Gasteiger partial charge in [0.25, 0.3) is 11.8 Å². The first kappa shape index (κ1) is 21.5. The first-order chi connectivity index (χ1) is 16.0. The molecule has 0 aliphatic carbocycles. The van der Waals surface area contributed by atoms with Crippen molar-refractivity contribution in [1.29, 1.82) is 0 Å². The van der Waals surface area contributed by atoms with Crippen LogP contribution in [0.1, 0.15) is 26.9 Å². The van der Waals surface area contributed by atoms with E-state index in [0.29, 0.717) is 46.7 Å². The standard InChI is InChI=1S/C23H20ClN5O3S/c1-14-27-20(21(32-14)15-5-4-6-16(24)11-15)23(31)29-9-10-33-19(29)13-26-22(30)17-12-25-18-7-2-3-8-28(17)18/h2-8,11-12,19H,9-10,13H2,1H3,(H,26,30). The van der Waals surface area contributed by atoms with Gasteiger partial charge < -0.3 is 14.6 Å². The van der Waals surface area contributed by atoms with Crippen LogP contribution in [0.5, 0.6) is 0 Å². The number of benzene rings is 1. The molecule has 4 aromatic rings. The Morgan fingerprint density at radius 2 is 2.15 bits per heavy atom. The number of thioether (sulfide) groups is 1. The molecule has 1 aromatic carbocycles. The van der Waals surface area contributed by atoms with E-state index < -0.39 is 0 Å². The van der Waals surface area contributed by atoms with Crippen LogP contribution in [0.2, 0.25) is 5.02 Å². The van der Waals surface area contributed by atoms with Gasteiger partial charge in [0, 0.05) is 42.5 Å². The lowest BCUT2D eigenvalue weighted by molar-refractivity contribution is 0.0746. The molecule has 1 aliphatic rings. The van der Waals surface area contributed by atoms with E-state index in [1.54, 1.807) is 58.6 Å². The van der Waals surface area contributed by atoms with Gasteiger partial charge in [-0.15, -0.1) is 11.8 Å². The average molecular weight is 482 g/mol. The normalized spacial score (nSPS) is 15.8. The lowest BCUT2D eigenvalue weighted by Gasteiger charge is -2.23. The van der Waals surface area contributed by atoms with Crippen molar-refractivity contribution >= 4 is 40.8 Å². The molecule has 8 nitrogen and oxygen atoms in total. The molecule has 5 rings (SSSR count). The summed E-state index contributed by atoms with van der Waals surface area (Å²) in [6.07, 6.45) is 3.34. The van der Waals surface area contributed by atoms with Crippen LogP contribution >= 0.6 is 23.4 Å². The maximum Gasteiger partial charge on any atom is 0.277 e. The van der Waals surface area contributed by atoms with E-state index in [9.17, 15) is 9.59 Å². The maximum absolute atomic E-state index is 13.4. The fourth-order valence-electron chi connectivity index (χ4n) is 3.83. The zero-order valence-corrected chi connectivity index (χ0v) is 19.3. The molecule has 0 bridgehead atoms. The maximum atomic E-state index is 13.4. The number of amides is 2. The molecule has 33 heavy (non-hydrogen) atoms. The minimum Gasteiger partial charge on any atom is -0.440 e. The summed E-state index contributed by atoms with van der Waals surface area (Å²) in [5.41, 5.74) is 2.08. The topological polar surface area (TPSA) is 92.7 Å². The molecule has 1 aliphatic heterocycles. The minimum atomic E-state index is -0.245. The third kappa shape index (κ3) is 4.21. The third-order valence-corrected chi connectivity index (χ3v) is 6.82.